The molecule has 0 unspecified atom stereocenters. The number of aromatic nitrogens is 3. The van der Waals surface area contributed by atoms with Crippen LogP contribution in [-0.4, -0.2) is 50.2 Å². The van der Waals surface area contributed by atoms with Crippen molar-refractivity contribution < 1.29 is 14.7 Å². The summed E-state index contributed by atoms with van der Waals surface area (Å²) in [6.45, 7) is 9.45. The summed E-state index contributed by atoms with van der Waals surface area (Å²) in [5.41, 5.74) is 3.10. The number of aryl methyl sites for hydroxylation is 2. The molecule has 0 radical (unpaired) electrons. The lowest BCUT2D eigenvalue weighted by atomic mass is 9.95. The van der Waals surface area contributed by atoms with E-state index in [0.29, 0.717) is 42.6 Å². The molecule has 1 aliphatic rings. The van der Waals surface area contributed by atoms with Crippen molar-refractivity contribution in [2.24, 2.45) is 5.92 Å². The molecular weight excluding hydrogens is 506 g/mol. The second kappa shape index (κ2) is 13.1. The molecule has 0 spiro atoms. The normalized spacial score (nSPS) is 14.7. The van der Waals surface area contributed by atoms with Gasteiger partial charge in [0.05, 0.1) is 24.3 Å². The molecule has 38 heavy (non-hydrogen) atoms. The second-order valence-corrected chi connectivity index (χ2v) is 10.8. The molecular formula is C27H37N5O5S. The summed E-state index contributed by atoms with van der Waals surface area (Å²) in [5.74, 6) is 1.66. The molecule has 2 aromatic heterocycles. The van der Waals surface area contributed by atoms with E-state index in [1.54, 1.807) is 11.9 Å². The van der Waals surface area contributed by atoms with Crippen molar-refractivity contribution in [1.82, 2.24) is 18.8 Å². The summed E-state index contributed by atoms with van der Waals surface area (Å²) < 4.78 is 10.4. The van der Waals surface area contributed by atoms with Gasteiger partial charge in [-0.1, -0.05) is 20.3 Å². The molecule has 0 bridgehead atoms. The summed E-state index contributed by atoms with van der Waals surface area (Å²) in [7, 11) is 0. The van der Waals surface area contributed by atoms with Gasteiger partial charge >= 0.3 is 0 Å². The summed E-state index contributed by atoms with van der Waals surface area (Å²) in [4.78, 5) is 37.1. The van der Waals surface area contributed by atoms with Crippen LogP contribution in [0.3, 0.4) is 0 Å². The lowest BCUT2D eigenvalue weighted by Crippen LogP contribution is -2.29. The number of nitrogens with zero attached hydrogens (tertiary/aromatic N) is 4. The minimum absolute atomic E-state index is 0.142. The SMILES string of the molecule is CCCOc1ccc(SN2CCC(CCO[N+](=O)[O-])CC2)cc1-c1nc2c(CCC)cn(CC)c2c(=O)[nH]1. The molecule has 3 aromatic rings. The number of piperidine rings is 1. The van der Waals surface area contributed by atoms with Crippen LogP contribution < -0.4 is 10.3 Å². The highest BCUT2D eigenvalue weighted by Gasteiger charge is 2.22. The lowest BCUT2D eigenvalue weighted by Gasteiger charge is -2.30. The molecule has 206 valence electrons. The second-order valence-electron chi connectivity index (χ2n) is 9.62. The molecule has 4 rings (SSSR count). The molecule has 0 amide bonds. The Hall–Kier alpha value is -3.05. The number of ether oxygens (including phenoxy) is 1. The van der Waals surface area contributed by atoms with Gasteiger partial charge in [0.25, 0.3) is 10.6 Å². The topological polar surface area (TPSA) is 116 Å². The van der Waals surface area contributed by atoms with Crippen LogP contribution in [0, 0.1) is 16.0 Å². The number of H-pyrrole nitrogens is 1. The van der Waals surface area contributed by atoms with E-state index in [1.165, 1.54) is 0 Å². The van der Waals surface area contributed by atoms with E-state index in [4.69, 9.17) is 9.72 Å². The first-order chi connectivity index (χ1) is 18.4. The molecule has 0 saturated carbocycles. The zero-order valence-electron chi connectivity index (χ0n) is 22.4. The summed E-state index contributed by atoms with van der Waals surface area (Å²) >= 11 is 1.68. The van der Waals surface area contributed by atoms with Crippen LogP contribution in [0.15, 0.2) is 34.1 Å². The monoisotopic (exact) mass is 543 g/mol. The van der Waals surface area contributed by atoms with Crippen LogP contribution in [0.5, 0.6) is 5.75 Å². The van der Waals surface area contributed by atoms with Crippen LogP contribution in [0.1, 0.15) is 58.4 Å². The van der Waals surface area contributed by atoms with Gasteiger partial charge in [-0.3, -0.25) is 4.79 Å². The maximum Gasteiger partial charge on any atom is 0.294 e. The average molecular weight is 544 g/mol. The van der Waals surface area contributed by atoms with E-state index in [-0.39, 0.29) is 12.2 Å². The third kappa shape index (κ3) is 6.68. The van der Waals surface area contributed by atoms with Crippen LogP contribution in [0.25, 0.3) is 22.4 Å². The van der Waals surface area contributed by atoms with Crippen molar-refractivity contribution in [1.29, 1.82) is 0 Å². The number of rotatable bonds is 13. The minimum Gasteiger partial charge on any atom is -0.493 e. The van der Waals surface area contributed by atoms with E-state index >= 15 is 0 Å². The molecule has 0 aliphatic carbocycles. The van der Waals surface area contributed by atoms with Gasteiger partial charge in [-0.15, -0.1) is 10.1 Å². The number of nitrogens with one attached hydrogen (secondary N) is 1. The highest BCUT2D eigenvalue weighted by Crippen LogP contribution is 2.36. The van der Waals surface area contributed by atoms with Crippen LogP contribution in [0.2, 0.25) is 0 Å². The quantitative estimate of drug-likeness (QED) is 0.171. The molecule has 0 atom stereocenters. The Morgan fingerprint density at radius 1 is 1.18 bits per heavy atom. The van der Waals surface area contributed by atoms with Gasteiger partial charge in [0.1, 0.15) is 17.1 Å². The Bertz CT molecular complexity index is 1300. The van der Waals surface area contributed by atoms with E-state index in [0.717, 1.165) is 66.7 Å². The number of aromatic amines is 1. The Morgan fingerprint density at radius 2 is 1.97 bits per heavy atom. The molecule has 1 aromatic carbocycles. The Balaban J connectivity index is 1.58. The zero-order valence-corrected chi connectivity index (χ0v) is 23.2. The smallest absolute Gasteiger partial charge is 0.294 e. The van der Waals surface area contributed by atoms with Gasteiger partial charge in [0, 0.05) is 30.7 Å². The number of hydrogen-bond acceptors (Lipinski definition) is 8. The fraction of sp³-hybridized carbons (Fsp3) is 0.556. The van der Waals surface area contributed by atoms with E-state index in [1.807, 2.05) is 35.9 Å². The van der Waals surface area contributed by atoms with Gasteiger partial charge in [-0.2, -0.15) is 0 Å². The highest BCUT2D eigenvalue weighted by atomic mass is 32.2. The van der Waals surface area contributed by atoms with Crippen LogP contribution >= 0.6 is 11.9 Å². The number of fused-ring (bicyclic) bond motifs is 1. The predicted octanol–water partition coefficient (Wildman–Crippen LogP) is 5.47. The average Bonchev–Trinajstić information content (AvgIpc) is 3.27. The first-order valence-corrected chi connectivity index (χ1v) is 14.3. The van der Waals surface area contributed by atoms with Crippen molar-refractivity contribution in [2.45, 2.75) is 70.7 Å². The molecule has 1 fully saturated rings. The maximum absolute atomic E-state index is 13.2. The Kier molecular flexibility index (Phi) is 9.68. The van der Waals surface area contributed by atoms with Gasteiger partial charge in [-0.25, -0.2) is 9.29 Å². The summed E-state index contributed by atoms with van der Waals surface area (Å²) in [5, 5.41) is 9.67. The number of hydrogen-bond donors (Lipinski definition) is 1. The maximum atomic E-state index is 13.2. The van der Waals surface area contributed by atoms with Crippen LogP contribution in [-0.2, 0) is 17.8 Å². The fourth-order valence-electron chi connectivity index (χ4n) is 4.92. The van der Waals surface area contributed by atoms with Crippen molar-refractivity contribution in [3.8, 4) is 17.1 Å². The molecule has 3 heterocycles. The predicted molar refractivity (Wildman–Crippen MR) is 149 cm³/mol. The molecule has 1 saturated heterocycles. The van der Waals surface area contributed by atoms with Gasteiger partial charge < -0.3 is 19.1 Å². The van der Waals surface area contributed by atoms with Crippen molar-refractivity contribution >= 4 is 23.0 Å². The first kappa shape index (κ1) is 28.0. The third-order valence-electron chi connectivity index (χ3n) is 6.86. The van der Waals surface area contributed by atoms with Crippen LogP contribution in [0.4, 0.5) is 0 Å². The van der Waals surface area contributed by atoms with Crippen molar-refractivity contribution in [3.05, 3.63) is 50.4 Å². The fourth-order valence-corrected chi connectivity index (χ4v) is 5.91. The summed E-state index contributed by atoms with van der Waals surface area (Å²) in [6.07, 6.45) is 7.41. The van der Waals surface area contributed by atoms with E-state index in [9.17, 15) is 14.9 Å². The third-order valence-corrected chi connectivity index (χ3v) is 7.94. The van der Waals surface area contributed by atoms with Gasteiger partial charge in [0.2, 0.25) is 0 Å². The first-order valence-electron chi connectivity index (χ1n) is 13.5. The molecule has 11 heteroatoms. The number of benzene rings is 1. The standard InChI is InChI=1S/C27H37N5O5S/c1-4-7-20-18-30(6-3)25-24(20)28-26(29-27(25)33)22-17-21(8-9-23(22)36-15-5-2)38-31-13-10-19(11-14-31)12-16-37-32(34)35/h8-9,17-19H,4-7,10-16H2,1-3H3,(H,28,29,33). The minimum atomic E-state index is -0.722. The van der Waals surface area contributed by atoms with E-state index in [2.05, 4.69) is 28.0 Å². The van der Waals surface area contributed by atoms with Crippen molar-refractivity contribution in [2.75, 3.05) is 26.3 Å². The van der Waals surface area contributed by atoms with E-state index < -0.39 is 5.09 Å². The lowest BCUT2D eigenvalue weighted by molar-refractivity contribution is -0.758. The van der Waals surface area contributed by atoms with Gasteiger partial charge in [-0.05, 0) is 80.7 Å². The van der Waals surface area contributed by atoms with Gasteiger partial charge in [0.15, 0.2) is 0 Å². The van der Waals surface area contributed by atoms with Crippen molar-refractivity contribution in [3.63, 3.8) is 0 Å². The zero-order chi connectivity index (χ0) is 27.1. The highest BCUT2D eigenvalue weighted by molar-refractivity contribution is 7.97. The molecule has 1 N–H and O–H groups in total. The summed E-state index contributed by atoms with van der Waals surface area (Å²) in [6, 6.07) is 6.05. The largest absolute Gasteiger partial charge is 0.493 e. The Morgan fingerprint density at radius 3 is 2.66 bits per heavy atom. The molecule has 1 aliphatic heterocycles. The molecule has 10 nitrogen and oxygen atoms in total. The Labute approximate surface area is 227 Å².